The first-order valence-electron chi connectivity index (χ1n) is 9.52. The second-order valence-corrected chi connectivity index (χ2v) is 6.86. The maximum atomic E-state index is 9.87. The predicted octanol–water partition coefficient (Wildman–Crippen LogP) is 3.86. The molecule has 28 heavy (non-hydrogen) atoms. The molecule has 1 aliphatic heterocycles. The van der Waals surface area contributed by atoms with Gasteiger partial charge < -0.3 is 20.1 Å². The fraction of sp³-hybridized carbons (Fsp3) is 0.273. The van der Waals surface area contributed by atoms with Gasteiger partial charge in [0.1, 0.15) is 11.6 Å². The lowest BCUT2D eigenvalue weighted by Crippen LogP contribution is -2.37. The lowest BCUT2D eigenvalue weighted by Gasteiger charge is -2.27. The van der Waals surface area contributed by atoms with Crippen LogP contribution in [0, 0.1) is 0 Å². The van der Waals surface area contributed by atoms with Crippen molar-refractivity contribution in [1.29, 1.82) is 0 Å². The van der Waals surface area contributed by atoms with E-state index in [-0.39, 0.29) is 11.8 Å². The average Bonchev–Trinajstić information content (AvgIpc) is 2.75. The third-order valence-corrected chi connectivity index (χ3v) is 4.81. The van der Waals surface area contributed by atoms with Crippen LogP contribution < -0.4 is 10.2 Å². The van der Waals surface area contributed by atoms with Crippen molar-refractivity contribution < 1.29 is 9.84 Å². The number of phenols is 1. The average molecular weight is 376 g/mol. The molecular weight excluding hydrogens is 352 g/mol. The smallest absolute Gasteiger partial charge is 0.228 e. The Morgan fingerprint density at radius 1 is 1.00 bits per heavy atom. The van der Waals surface area contributed by atoms with E-state index < -0.39 is 0 Å². The van der Waals surface area contributed by atoms with Gasteiger partial charge in [-0.15, -0.1) is 0 Å². The van der Waals surface area contributed by atoms with Gasteiger partial charge in [0.2, 0.25) is 5.95 Å². The van der Waals surface area contributed by atoms with Crippen LogP contribution >= 0.6 is 0 Å². The van der Waals surface area contributed by atoms with Crippen LogP contribution in [0.4, 0.5) is 11.8 Å². The lowest BCUT2D eigenvalue weighted by atomic mass is 10.1. The fourth-order valence-corrected chi connectivity index (χ4v) is 3.27. The number of phenolic OH excluding ortho intramolecular Hbond substituents is 1. The summed E-state index contributed by atoms with van der Waals surface area (Å²) >= 11 is 0. The molecule has 0 spiro atoms. The molecule has 6 heteroatoms. The largest absolute Gasteiger partial charge is 0.508 e. The summed E-state index contributed by atoms with van der Waals surface area (Å²) in [5.41, 5.74) is 2.82. The van der Waals surface area contributed by atoms with Gasteiger partial charge in [0.05, 0.1) is 18.9 Å². The standard InChI is InChI=1S/C22H24N4O2/c1-16(17-6-3-2-4-7-17)23-21-15-20(18-8-5-9-19(27)14-18)24-22(25-21)26-10-12-28-13-11-26/h2-9,14-16,27H,10-13H2,1H3,(H,23,24,25)/t16-/m1/s1. The minimum Gasteiger partial charge on any atom is -0.508 e. The molecule has 0 bridgehead atoms. The van der Waals surface area contributed by atoms with E-state index >= 15 is 0 Å². The van der Waals surface area contributed by atoms with Crippen LogP contribution in [0.1, 0.15) is 18.5 Å². The molecule has 0 saturated carbocycles. The van der Waals surface area contributed by atoms with E-state index in [0.29, 0.717) is 19.2 Å². The molecule has 1 aromatic heterocycles. The molecule has 2 N–H and O–H groups in total. The lowest BCUT2D eigenvalue weighted by molar-refractivity contribution is 0.122. The Kier molecular flexibility index (Phi) is 5.39. The van der Waals surface area contributed by atoms with Crippen molar-refractivity contribution in [2.24, 2.45) is 0 Å². The first-order chi connectivity index (χ1) is 13.7. The van der Waals surface area contributed by atoms with Crippen molar-refractivity contribution in [2.45, 2.75) is 13.0 Å². The highest BCUT2D eigenvalue weighted by molar-refractivity contribution is 5.66. The number of aromatic hydroxyl groups is 1. The highest BCUT2D eigenvalue weighted by Gasteiger charge is 2.17. The fourth-order valence-electron chi connectivity index (χ4n) is 3.27. The second-order valence-electron chi connectivity index (χ2n) is 6.86. The van der Waals surface area contributed by atoms with E-state index in [1.165, 1.54) is 5.56 Å². The Balaban J connectivity index is 1.69. The summed E-state index contributed by atoms with van der Waals surface area (Å²) in [6.07, 6.45) is 0. The first kappa shape index (κ1) is 18.3. The zero-order valence-corrected chi connectivity index (χ0v) is 15.9. The van der Waals surface area contributed by atoms with Crippen LogP contribution in [0.15, 0.2) is 60.7 Å². The Bertz CT molecular complexity index is 927. The number of nitrogens with zero attached hydrogens (tertiary/aromatic N) is 3. The Morgan fingerprint density at radius 2 is 1.79 bits per heavy atom. The van der Waals surface area contributed by atoms with Gasteiger partial charge in [-0.2, -0.15) is 4.98 Å². The molecule has 2 heterocycles. The number of benzene rings is 2. The molecule has 6 nitrogen and oxygen atoms in total. The zero-order valence-electron chi connectivity index (χ0n) is 15.9. The minimum absolute atomic E-state index is 0.102. The van der Waals surface area contributed by atoms with Crippen LogP contribution in [-0.2, 0) is 4.74 Å². The van der Waals surface area contributed by atoms with Crippen molar-refractivity contribution in [1.82, 2.24) is 9.97 Å². The second kappa shape index (κ2) is 8.27. The zero-order chi connectivity index (χ0) is 19.3. The predicted molar refractivity (Wildman–Crippen MR) is 111 cm³/mol. The van der Waals surface area contributed by atoms with Crippen LogP contribution in [0.25, 0.3) is 11.3 Å². The van der Waals surface area contributed by atoms with Crippen molar-refractivity contribution in [3.8, 4) is 17.0 Å². The molecule has 4 rings (SSSR count). The molecule has 0 amide bonds. The molecule has 0 unspecified atom stereocenters. The highest BCUT2D eigenvalue weighted by Crippen LogP contribution is 2.27. The van der Waals surface area contributed by atoms with Gasteiger partial charge >= 0.3 is 0 Å². The number of ether oxygens (including phenoxy) is 1. The van der Waals surface area contributed by atoms with Gasteiger partial charge in [-0.1, -0.05) is 42.5 Å². The quantitative estimate of drug-likeness (QED) is 0.705. The minimum atomic E-state index is 0.102. The Morgan fingerprint density at radius 3 is 2.54 bits per heavy atom. The summed E-state index contributed by atoms with van der Waals surface area (Å²) in [6, 6.07) is 19.4. The van der Waals surface area contributed by atoms with E-state index in [0.717, 1.165) is 30.2 Å². The normalized spacial score (nSPS) is 15.2. The highest BCUT2D eigenvalue weighted by atomic mass is 16.5. The maximum absolute atomic E-state index is 9.87. The maximum Gasteiger partial charge on any atom is 0.228 e. The molecule has 1 saturated heterocycles. The summed E-state index contributed by atoms with van der Waals surface area (Å²) < 4.78 is 5.46. The molecule has 3 aromatic rings. The van der Waals surface area contributed by atoms with Crippen molar-refractivity contribution in [2.75, 3.05) is 36.5 Å². The van der Waals surface area contributed by atoms with Crippen molar-refractivity contribution >= 4 is 11.8 Å². The molecule has 1 fully saturated rings. The number of rotatable bonds is 5. The van der Waals surface area contributed by atoms with E-state index in [1.54, 1.807) is 12.1 Å². The summed E-state index contributed by atoms with van der Waals surface area (Å²) in [4.78, 5) is 11.6. The van der Waals surface area contributed by atoms with E-state index in [9.17, 15) is 5.11 Å². The topological polar surface area (TPSA) is 70.5 Å². The third-order valence-electron chi connectivity index (χ3n) is 4.81. The van der Waals surface area contributed by atoms with E-state index in [4.69, 9.17) is 14.7 Å². The molecule has 0 radical (unpaired) electrons. The molecule has 0 aliphatic carbocycles. The van der Waals surface area contributed by atoms with Gasteiger partial charge in [0.25, 0.3) is 0 Å². The van der Waals surface area contributed by atoms with Crippen LogP contribution in [0.2, 0.25) is 0 Å². The van der Waals surface area contributed by atoms with Crippen LogP contribution in [-0.4, -0.2) is 41.4 Å². The summed E-state index contributed by atoms with van der Waals surface area (Å²) in [6.45, 7) is 4.97. The summed E-state index contributed by atoms with van der Waals surface area (Å²) in [5.74, 6) is 1.65. The van der Waals surface area contributed by atoms with E-state index in [2.05, 4.69) is 29.3 Å². The molecule has 1 aliphatic rings. The van der Waals surface area contributed by atoms with E-state index in [1.807, 2.05) is 36.4 Å². The van der Waals surface area contributed by atoms with Gasteiger partial charge in [-0.05, 0) is 24.6 Å². The number of hydrogen-bond donors (Lipinski definition) is 2. The SMILES string of the molecule is C[C@@H](Nc1cc(-c2cccc(O)c2)nc(N2CCOCC2)n1)c1ccccc1. The van der Waals surface area contributed by atoms with Crippen molar-refractivity contribution in [3.05, 3.63) is 66.2 Å². The third kappa shape index (κ3) is 4.23. The summed E-state index contributed by atoms with van der Waals surface area (Å²) in [7, 11) is 0. The number of anilines is 2. The van der Waals surface area contributed by atoms with Gasteiger partial charge in [0, 0.05) is 30.8 Å². The molecule has 1 atom stereocenters. The first-order valence-corrected chi connectivity index (χ1v) is 9.52. The van der Waals surface area contributed by atoms with Crippen LogP contribution in [0.3, 0.4) is 0 Å². The van der Waals surface area contributed by atoms with Gasteiger partial charge in [-0.3, -0.25) is 0 Å². The van der Waals surface area contributed by atoms with Gasteiger partial charge in [0.15, 0.2) is 0 Å². The molecule has 144 valence electrons. The number of aromatic nitrogens is 2. The number of hydrogen-bond acceptors (Lipinski definition) is 6. The molecular formula is C22H24N4O2. The Labute approximate surface area is 164 Å². The number of nitrogens with one attached hydrogen (secondary N) is 1. The Hall–Kier alpha value is -3.12. The van der Waals surface area contributed by atoms with Gasteiger partial charge in [-0.25, -0.2) is 4.98 Å². The monoisotopic (exact) mass is 376 g/mol. The van der Waals surface area contributed by atoms with Crippen LogP contribution in [0.5, 0.6) is 5.75 Å². The summed E-state index contributed by atoms with van der Waals surface area (Å²) in [5, 5.41) is 13.4. The van der Waals surface area contributed by atoms with Crippen molar-refractivity contribution in [3.63, 3.8) is 0 Å². The number of morpholine rings is 1. The molecule has 2 aromatic carbocycles.